The lowest BCUT2D eigenvalue weighted by atomic mass is 10.2. The Kier molecular flexibility index (Phi) is 11.5. The molecule has 0 saturated carbocycles. The van der Waals surface area contributed by atoms with Crippen molar-refractivity contribution < 1.29 is 0 Å². The Morgan fingerprint density at radius 3 is 2.08 bits per heavy atom. The van der Waals surface area contributed by atoms with Crippen LogP contribution in [-0.2, 0) is 0 Å². The fourth-order valence-corrected chi connectivity index (χ4v) is 3.21. The lowest BCUT2D eigenvalue weighted by molar-refractivity contribution is 0.391. The Labute approximate surface area is 162 Å². The predicted molar refractivity (Wildman–Crippen MR) is 113 cm³/mol. The zero-order chi connectivity index (χ0) is 17.8. The van der Waals surface area contributed by atoms with Crippen LogP contribution in [-0.4, -0.2) is 23.1 Å². The molecule has 1 aromatic carbocycles. The summed E-state index contributed by atoms with van der Waals surface area (Å²) in [5, 5.41) is 5.09. The average Bonchev–Trinajstić information content (AvgIpc) is 2.57. The first kappa shape index (κ1) is 21.5. The van der Waals surface area contributed by atoms with Gasteiger partial charge in [0.1, 0.15) is 0 Å². The SMILES string of the molecule is CCCCCCN(CCCCCC)C(=S)Nc1cccc(Cl)c1Cl. The average molecular weight is 389 g/mol. The summed E-state index contributed by atoms with van der Waals surface area (Å²) in [6.45, 7) is 6.46. The molecule has 0 atom stereocenters. The highest BCUT2D eigenvalue weighted by Crippen LogP contribution is 2.29. The molecular weight excluding hydrogens is 359 g/mol. The van der Waals surface area contributed by atoms with Gasteiger partial charge in [-0.05, 0) is 37.2 Å². The third-order valence-corrected chi connectivity index (χ3v) is 5.22. The number of benzene rings is 1. The minimum absolute atomic E-state index is 0.526. The summed E-state index contributed by atoms with van der Waals surface area (Å²) < 4.78 is 0. The van der Waals surface area contributed by atoms with E-state index in [1.165, 1.54) is 51.4 Å². The van der Waals surface area contributed by atoms with Gasteiger partial charge in [-0.1, -0.05) is 81.6 Å². The number of nitrogens with zero attached hydrogens (tertiary/aromatic N) is 1. The fourth-order valence-electron chi connectivity index (χ4n) is 2.57. The van der Waals surface area contributed by atoms with Gasteiger partial charge in [0.05, 0.1) is 15.7 Å². The van der Waals surface area contributed by atoms with Crippen LogP contribution in [0.15, 0.2) is 18.2 Å². The van der Waals surface area contributed by atoms with Crippen LogP contribution in [0.4, 0.5) is 5.69 Å². The van der Waals surface area contributed by atoms with Crippen molar-refractivity contribution in [1.82, 2.24) is 4.90 Å². The van der Waals surface area contributed by atoms with E-state index in [2.05, 4.69) is 24.1 Å². The van der Waals surface area contributed by atoms with Gasteiger partial charge in [-0.3, -0.25) is 0 Å². The first-order valence-corrected chi connectivity index (χ1v) is 10.3. The summed E-state index contributed by atoms with van der Waals surface area (Å²) >= 11 is 18.0. The van der Waals surface area contributed by atoms with E-state index in [-0.39, 0.29) is 0 Å². The van der Waals surface area contributed by atoms with Crippen LogP contribution in [0.25, 0.3) is 0 Å². The molecule has 0 amide bonds. The van der Waals surface area contributed by atoms with Crippen molar-refractivity contribution in [3.63, 3.8) is 0 Å². The number of hydrogen-bond acceptors (Lipinski definition) is 1. The molecule has 0 heterocycles. The van der Waals surface area contributed by atoms with Gasteiger partial charge in [0.2, 0.25) is 0 Å². The van der Waals surface area contributed by atoms with Crippen LogP contribution in [0.2, 0.25) is 10.0 Å². The molecule has 0 unspecified atom stereocenters. The number of thiocarbonyl (C=S) groups is 1. The summed E-state index contributed by atoms with van der Waals surface area (Å²) in [6, 6.07) is 5.57. The first-order valence-electron chi connectivity index (χ1n) is 9.10. The number of anilines is 1. The van der Waals surface area contributed by atoms with Crippen LogP contribution in [0, 0.1) is 0 Å². The highest BCUT2D eigenvalue weighted by atomic mass is 35.5. The van der Waals surface area contributed by atoms with Crippen molar-refractivity contribution >= 4 is 46.2 Å². The molecule has 0 aliphatic heterocycles. The second kappa shape index (κ2) is 12.8. The van der Waals surface area contributed by atoms with E-state index in [0.29, 0.717) is 10.0 Å². The van der Waals surface area contributed by atoms with Gasteiger partial charge in [-0.25, -0.2) is 0 Å². The predicted octanol–water partition coefficient (Wildman–Crippen LogP) is 7.15. The fraction of sp³-hybridized carbons (Fsp3) is 0.632. The summed E-state index contributed by atoms with van der Waals surface area (Å²) in [5.74, 6) is 0. The molecule has 0 saturated heterocycles. The Bertz CT molecular complexity index is 482. The lowest BCUT2D eigenvalue weighted by Crippen LogP contribution is -2.36. The van der Waals surface area contributed by atoms with Crippen LogP contribution < -0.4 is 5.32 Å². The van der Waals surface area contributed by atoms with Gasteiger partial charge in [-0.2, -0.15) is 0 Å². The molecule has 0 radical (unpaired) electrons. The Balaban J connectivity index is 2.61. The van der Waals surface area contributed by atoms with Gasteiger partial charge in [0.15, 0.2) is 5.11 Å². The van der Waals surface area contributed by atoms with E-state index < -0.39 is 0 Å². The van der Waals surface area contributed by atoms with Crippen molar-refractivity contribution in [3.05, 3.63) is 28.2 Å². The van der Waals surface area contributed by atoms with Crippen molar-refractivity contribution in [2.24, 2.45) is 0 Å². The molecule has 0 bridgehead atoms. The molecule has 0 aliphatic rings. The number of rotatable bonds is 11. The lowest BCUT2D eigenvalue weighted by Gasteiger charge is -2.26. The minimum Gasteiger partial charge on any atom is -0.349 e. The molecule has 0 spiro atoms. The second-order valence-corrected chi connectivity index (χ2v) is 7.31. The number of nitrogens with one attached hydrogen (secondary N) is 1. The standard InChI is InChI=1S/C19H30Cl2N2S/c1-3-5-7-9-14-23(15-10-8-6-4-2)19(24)22-17-13-11-12-16(20)18(17)21/h11-13H,3-10,14-15H2,1-2H3,(H,22,24). The van der Waals surface area contributed by atoms with E-state index in [0.717, 1.165) is 23.9 Å². The molecule has 0 fully saturated rings. The number of hydrogen-bond donors (Lipinski definition) is 1. The minimum atomic E-state index is 0.526. The zero-order valence-corrected chi connectivity index (χ0v) is 17.2. The van der Waals surface area contributed by atoms with E-state index in [1.807, 2.05) is 12.1 Å². The highest BCUT2D eigenvalue weighted by molar-refractivity contribution is 7.80. The summed E-state index contributed by atoms with van der Waals surface area (Å²) in [5.41, 5.74) is 0.779. The van der Waals surface area contributed by atoms with Crippen LogP contribution in [0.5, 0.6) is 0 Å². The summed E-state index contributed by atoms with van der Waals surface area (Å²) in [4.78, 5) is 2.28. The van der Waals surface area contributed by atoms with Crippen LogP contribution >= 0.6 is 35.4 Å². The molecule has 136 valence electrons. The molecule has 1 rings (SSSR count). The molecule has 1 aromatic rings. The van der Waals surface area contributed by atoms with E-state index in [4.69, 9.17) is 35.4 Å². The molecule has 1 N–H and O–H groups in total. The summed E-state index contributed by atoms with van der Waals surface area (Å²) in [7, 11) is 0. The van der Waals surface area contributed by atoms with Gasteiger partial charge >= 0.3 is 0 Å². The van der Waals surface area contributed by atoms with Gasteiger partial charge in [-0.15, -0.1) is 0 Å². The Hall–Kier alpha value is -0.510. The van der Waals surface area contributed by atoms with Crippen LogP contribution in [0.1, 0.15) is 65.2 Å². The Morgan fingerprint density at radius 1 is 0.958 bits per heavy atom. The maximum atomic E-state index is 6.26. The number of halogens is 2. The van der Waals surface area contributed by atoms with Crippen LogP contribution in [0.3, 0.4) is 0 Å². The molecule has 0 aliphatic carbocycles. The maximum Gasteiger partial charge on any atom is 0.173 e. The van der Waals surface area contributed by atoms with Crippen molar-refractivity contribution in [2.75, 3.05) is 18.4 Å². The Morgan fingerprint density at radius 2 is 1.54 bits per heavy atom. The quantitative estimate of drug-likeness (QED) is 0.319. The van der Waals surface area contributed by atoms with Gasteiger partial charge in [0.25, 0.3) is 0 Å². The normalized spacial score (nSPS) is 10.7. The molecule has 2 nitrogen and oxygen atoms in total. The molecule has 0 aromatic heterocycles. The monoisotopic (exact) mass is 388 g/mol. The molecule has 24 heavy (non-hydrogen) atoms. The first-order chi connectivity index (χ1) is 11.6. The molecule has 5 heteroatoms. The molecular formula is C19H30Cl2N2S. The number of unbranched alkanes of at least 4 members (excludes halogenated alkanes) is 6. The topological polar surface area (TPSA) is 15.3 Å². The van der Waals surface area contributed by atoms with Crippen molar-refractivity contribution in [3.8, 4) is 0 Å². The third kappa shape index (κ3) is 8.04. The smallest absolute Gasteiger partial charge is 0.173 e. The van der Waals surface area contributed by atoms with E-state index >= 15 is 0 Å². The van der Waals surface area contributed by atoms with Gasteiger partial charge < -0.3 is 10.2 Å². The highest BCUT2D eigenvalue weighted by Gasteiger charge is 2.12. The maximum absolute atomic E-state index is 6.26. The third-order valence-electron chi connectivity index (χ3n) is 4.04. The van der Waals surface area contributed by atoms with Gasteiger partial charge in [0, 0.05) is 13.1 Å². The summed E-state index contributed by atoms with van der Waals surface area (Å²) in [6.07, 6.45) is 9.91. The van der Waals surface area contributed by atoms with E-state index in [9.17, 15) is 0 Å². The largest absolute Gasteiger partial charge is 0.349 e. The second-order valence-electron chi connectivity index (χ2n) is 6.14. The van der Waals surface area contributed by atoms with Crippen molar-refractivity contribution in [1.29, 1.82) is 0 Å². The zero-order valence-electron chi connectivity index (χ0n) is 14.9. The van der Waals surface area contributed by atoms with E-state index in [1.54, 1.807) is 6.07 Å². The van der Waals surface area contributed by atoms with Crippen molar-refractivity contribution in [2.45, 2.75) is 65.2 Å².